The number of benzene rings is 1. The summed E-state index contributed by atoms with van der Waals surface area (Å²) in [7, 11) is 1.39. The molecule has 0 fully saturated rings. The largest absolute Gasteiger partial charge is 0.494 e. The minimum atomic E-state index is -0.495. The molecule has 6 nitrogen and oxygen atoms in total. The Balaban J connectivity index is 2.23. The number of hydrogen-bond donors (Lipinski definition) is 2. The summed E-state index contributed by atoms with van der Waals surface area (Å²) in [5, 5.41) is 6.37. The van der Waals surface area contributed by atoms with Crippen LogP contribution in [-0.4, -0.2) is 35.1 Å². The lowest BCUT2D eigenvalue weighted by Crippen LogP contribution is -2.43. The molecule has 0 aliphatic rings. The third-order valence-electron chi connectivity index (χ3n) is 2.84. The zero-order chi connectivity index (χ0) is 16.3. The molecular formula is C15H19FN4O2. The Hall–Kier alpha value is -2.44. The maximum Gasteiger partial charge on any atom is 0.239 e. The molecule has 0 bridgehead atoms. The van der Waals surface area contributed by atoms with Crippen LogP contribution in [0.5, 0.6) is 5.75 Å². The van der Waals surface area contributed by atoms with Crippen molar-refractivity contribution < 1.29 is 13.9 Å². The summed E-state index contributed by atoms with van der Waals surface area (Å²) >= 11 is 0. The monoisotopic (exact) mass is 306 g/mol. The van der Waals surface area contributed by atoms with Crippen molar-refractivity contribution >= 4 is 22.6 Å². The fraction of sp³-hybridized carbons (Fsp3) is 0.400. The van der Waals surface area contributed by atoms with E-state index in [0.29, 0.717) is 16.7 Å². The van der Waals surface area contributed by atoms with Crippen molar-refractivity contribution in [1.29, 1.82) is 0 Å². The van der Waals surface area contributed by atoms with E-state index in [4.69, 9.17) is 4.74 Å². The van der Waals surface area contributed by atoms with E-state index >= 15 is 0 Å². The van der Waals surface area contributed by atoms with Gasteiger partial charge in [-0.1, -0.05) is 0 Å². The third kappa shape index (κ3) is 3.81. The molecule has 0 saturated heterocycles. The molecule has 0 aliphatic carbocycles. The number of methoxy groups -OCH3 is 1. The quantitative estimate of drug-likeness (QED) is 0.904. The fourth-order valence-corrected chi connectivity index (χ4v) is 1.98. The van der Waals surface area contributed by atoms with Crippen LogP contribution in [0.25, 0.3) is 10.9 Å². The molecule has 2 N–H and O–H groups in total. The van der Waals surface area contributed by atoms with Gasteiger partial charge in [0.15, 0.2) is 11.6 Å². The highest BCUT2D eigenvalue weighted by Crippen LogP contribution is 2.27. The van der Waals surface area contributed by atoms with Crippen molar-refractivity contribution in [2.75, 3.05) is 19.0 Å². The van der Waals surface area contributed by atoms with E-state index in [1.54, 1.807) is 0 Å². The molecule has 0 radical (unpaired) electrons. The Kier molecular flexibility index (Phi) is 4.44. The van der Waals surface area contributed by atoms with Gasteiger partial charge in [0.05, 0.1) is 19.2 Å². The number of fused-ring (bicyclic) bond motifs is 1. The van der Waals surface area contributed by atoms with Gasteiger partial charge in [0.1, 0.15) is 12.1 Å². The minimum absolute atomic E-state index is 0.0586. The summed E-state index contributed by atoms with van der Waals surface area (Å²) in [5.41, 5.74) is 0.130. The van der Waals surface area contributed by atoms with Crippen molar-refractivity contribution in [3.63, 3.8) is 0 Å². The van der Waals surface area contributed by atoms with Gasteiger partial charge in [0.2, 0.25) is 5.91 Å². The van der Waals surface area contributed by atoms with E-state index < -0.39 is 5.82 Å². The van der Waals surface area contributed by atoms with Crippen LogP contribution in [0.2, 0.25) is 0 Å². The zero-order valence-electron chi connectivity index (χ0n) is 13.0. The Morgan fingerprint density at radius 3 is 2.68 bits per heavy atom. The Morgan fingerprint density at radius 1 is 1.32 bits per heavy atom. The smallest absolute Gasteiger partial charge is 0.239 e. The number of amides is 1. The van der Waals surface area contributed by atoms with Crippen molar-refractivity contribution in [3.8, 4) is 5.75 Å². The first-order valence-electron chi connectivity index (χ1n) is 6.83. The molecule has 7 heteroatoms. The average molecular weight is 306 g/mol. The van der Waals surface area contributed by atoms with Crippen LogP contribution >= 0.6 is 0 Å². The molecule has 2 rings (SSSR count). The van der Waals surface area contributed by atoms with Crippen LogP contribution in [0.15, 0.2) is 18.5 Å². The summed E-state index contributed by atoms with van der Waals surface area (Å²) in [5.74, 6) is -0.102. The minimum Gasteiger partial charge on any atom is -0.494 e. The van der Waals surface area contributed by atoms with Crippen LogP contribution in [0, 0.1) is 5.82 Å². The van der Waals surface area contributed by atoms with Crippen molar-refractivity contribution in [2.45, 2.75) is 26.3 Å². The first-order chi connectivity index (χ1) is 10.3. The number of nitrogens with one attached hydrogen (secondary N) is 2. The SMILES string of the molecule is COc1cc2c(NCC(=O)NC(C)(C)C)ncnc2cc1F. The second kappa shape index (κ2) is 6.13. The highest BCUT2D eigenvalue weighted by atomic mass is 19.1. The number of nitrogens with zero attached hydrogens (tertiary/aromatic N) is 2. The molecule has 0 saturated carbocycles. The molecule has 0 aliphatic heterocycles. The average Bonchev–Trinajstić information content (AvgIpc) is 2.42. The zero-order valence-corrected chi connectivity index (χ0v) is 13.0. The van der Waals surface area contributed by atoms with E-state index in [1.165, 1.54) is 25.6 Å². The van der Waals surface area contributed by atoms with Gasteiger partial charge < -0.3 is 15.4 Å². The Bertz CT molecular complexity index is 698. The lowest BCUT2D eigenvalue weighted by atomic mass is 10.1. The normalized spacial score (nSPS) is 11.3. The number of carbonyl (C=O) groups is 1. The predicted molar refractivity (Wildman–Crippen MR) is 82.4 cm³/mol. The van der Waals surface area contributed by atoms with Gasteiger partial charge in [0, 0.05) is 17.0 Å². The molecule has 118 valence electrons. The summed E-state index contributed by atoms with van der Waals surface area (Å²) in [6, 6.07) is 2.78. The molecule has 2 aromatic rings. The van der Waals surface area contributed by atoms with Crippen LogP contribution in [0.1, 0.15) is 20.8 Å². The van der Waals surface area contributed by atoms with Gasteiger partial charge in [-0.2, -0.15) is 0 Å². The van der Waals surface area contributed by atoms with E-state index in [9.17, 15) is 9.18 Å². The summed E-state index contributed by atoms with van der Waals surface area (Å²) in [6.45, 7) is 5.76. The number of carbonyl (C=O) groups excluding carboxylic acids is 1. The lowest BCUT2D eigenvalue weighted by Gasteiger charge is -2.20. The van der Waals surface area contributed by atoms with Crippen molar-refractivity contribution in [3.05, 3.63) is 24.3 Å². The number of halogens is 1. The molecular weight excluding hydrogens is 287 g/mol. The molecule has 1 heterocycles. The van der Waals surface area contributed by atoms with E-state index in [0.717, 1.165) is 0 Å². The summed E-state index contributed by atoms with van der Waals surface area (Å²) in [4.78, 5) is 20.0. The molecule has 0 spiro atoms. The summed E-state index contributed by atoms with van der Waals surface area (Å²) in [6.07, 6.45) is 1.32. The number of aromatic nitrogens is 2. The maximum absolute atomic E-state index is 13.7. The highest BCUT2D eigenvalue weighted by Gasteiger charge is 2.15. The molecule has 22 heavy (non-hydrogen) atoms. The van der Waals surface area contributed by atoms with Gasteiger partial charge in [-0.25, -0.2) is 14.4 Å². The van der Waals surface area contributed by atoms with Crippen molar-refractivity contribution in [1.82, 2.24) is 15.3 Å². The van der Waals surface area contributed by atoms with Gasteiger partial charge >= 0.3 is 0 Å². The van der Waals surface area contributed by atoms with Crippen LogP contribution in [-0.2, 0) is 4.79 Å². The van der Waals surface area contributed by atoms with E-state index in [2.05, 4.69) is 20.6 Å². The predicted octanol–water partition coefficient (Wildman–Crippen LogP) is 2.10. The summed E-state index contributed by atoms with van der Waals surface area (Å²) < 4.78 is 18.6. The highest BCUT2D eigenvalue weighted by molar-refractivity contribution is 5.91. The third-order valence-corrected chi connectivity index (χ3v) is 2.84. The van der Waals surface area contributed by atoms with Crippen LogP contribution in [0.3, 0.4) is 0 Å². The van der Waals surface area contributed by atoms with E-state index in [-0.39, 0.29) is 23.7 Å². The standard InChI is InChI=1S/C15H19FN4O2/c1-15(2,3)20-13(21)7-17-14-9-5-12(22-4)10(16)6-11(9)18-8-19-14/h5-6,8H,7H2,1-4H3,(H,20,21)(H,17,18,19). The first kappa shape index (κ1) is 15.9. The van der Waals surface area contributed by atoms with Gasteiger partial charge in [-0.05, 0) is 26.8 Å². The van der Waals surface area contributed by atoms with Gasteiger partial charge in [-0.15, -0.1) is 0 Å². The lowest BCUT2D eigenvalue weighted by molar-refractivity contribution is -0.120. The van der Waals surface area contributed by atoms with Crippen LogP contribution in [0.4, 0.5) is 10.2 Å². The molecule has 0 unspecified atom stereocenters. The van der Waals surface area contributed by atoms with Crippen molar-refractivity contribution in [2.24, 2.45) is 0 Å². The second-order valence-electron chi connectivity index (χ2n) is 5.88. The second-order valence-corrected chi connectivity index (χ2v) is 5.88. The fourth-order valence-electron chi connectivity index (χ4n) is 1.98. The number of rotatable bonds is 4. The van der Waals surface area contributed by atoms with Gasteiger partial charge in [0.25, 0.3) is 0 Å². The van der Waals surface area contributed by atoms with E-state index in [1.807, 2.05) is 20.8 Å². The molecule has 1 aromatic heterocycles. The Morgan fingerprint density at radius 2 is 2.05 bits per heavy atom. The molecule has 0 atom stereocenters. The first-order valence-corrected chi connectivity index (χ1v) is 6.83. The maximum atomic E-state index is 13.7. The number of hydrogen-bond acceptors (Lipinski definition) is 5. The topological polar surface area (TPSA) is 76.1 Å². The van der Waals surface area contributed by atoms with Crippen LogP contribution < -0.4 is 15.4 Å². The molecule has 1 amide bonds. The Labute approximate surface area is 128 Å². The number of anilines is 1. The molecule has 1 aromatic carbocycles. The number of ether oxygens (including phenoxy) is 1. The van der Waals surface area contributed by atoms with Gasteiger partial charge in [-0.3, -0.25) is 4.79 Å².